The summed E-state index contributed by atoms with van der Waals surface area (Å²) in [5, 5.41) is 3.55. The minimum absolute atomic E-state index is 0.840. The highest BCUT2D eigenvalue weighted by atomic mass is 79.9. The maximum atomic E-state index is 3.55. The van der Waals surface area contributed by atoms with Crippen molar-refractivity contribution in [2.45, 2.75) is 31.8 Å². The predicted molar refractivity (Wildman–Crippen MR) is 76.1 cm³/mol. The molecule has 2 rings (SSSR count). The Morgan fingerprint density at radius 3 is 2.65 bits per heavy atom. The van der Waals surface area contributed by atoms with Gasteiger partial charge < -0.3 is 10.2 Å². The van der Waals surface area contributed by atoms with E-state index >= 15 is 0 Å². The summed E-state index contributed by atoms with van der Waals surface area (Å²) in [6.07, 6.45) is 4.01. The van der Waals surface area contributed by atoms with Crippen molar-refractivity contribution in [2.24, 2.45) is 0 Å². The molecule has 2 nitrogen and oxygen atoms in total. The Bertz CT molecular complexity index is 333. The maximum absolute atomic E-state index is 3.55. The largest absolute Gasteiger partial charge is 0.314 e. The summed E-state index contributed by atoms with van der Waals surface area (Å²) >= 11 is 3.46. The van der Waals surface area contributed by atoms with Crippen molar-refractivity contribution in [1.82, 2.24) is 10.2 Å². The Kier molecular flexibility index (Phi) is 5.01. The summed E-state index contributed by atoms with van der Waals surface area (Å²) in [5.41, 5.74) is 1.38. The molecule has 0 spiro atoms. The number of hydrogen-bond donors (Lipinski definition) is 1. The van der Waals surface area contributed by atoms with Gasteiger partial charge in [-0.15, -0.1) is 0 Å². The van der Waals surface area contributed by atoms with Crippen molar-refractivity contribution in [3.8, 4) is 0 Å². The van der Waals surface area contributed by atoms with Crippen molar-refractivity contribution in [3.63, 3.8) is 0 Å². The van der Waals surface area contributed by atoms with E-state index in [-0.39, 0.29) is 0 Å². The lowest BCUT2D eigenvalue weighted by Gasteiger charge is -2.16. The molecule has 1 saturated carbocycles. The Morgan fingerprint density at radius 1 is 1.29 bits per heavy atom. The highest BCUT2D eigenvalue weighted by molar-refractivity contribution is 9.10. The molecule has 1 aliphatic rings. The second-order valence-electron chi connectivity index (χ2n) is 4.95. The lowest BCUT2D eigenvalue weighted by atomic mass is 10.2. The van der Waals surface area contributed by atoms with Crippen LogP contribution in [0.2, 0.25) is 0 Å². The third kappa shape index (κ3) is 5.19. The molecule has 0 amide bonds. The Balaban J connectivity index is 1.61. The number of rotatable bonds is 7. The number of hydrogen-bond acceptors (Lipinski definition) is 2. The molecule has 0 aliphatic heterocycles. The molecule has 0 atom stereocenters. The quantitative estimate of drug-likeness (QED) is 0.778. The van der Waals surface area contributed by atoms with Crippen molar-refractivity contribution in [2.75, 3.05) is 20.1 Å². The summed E-state index contributed by atoms with van der Waals surface area (Å²) in [7, 11) is 2.19. The zero-order chi connectivity index (χ0) is 12.1. The minimum atomic E-state index is 0.840. The van der Waals surface area contributed by atoms with E-state index < -0.39 is 0 Å². The van der Waals surface area contributed by atoms with Crippen LogP contribution in [0.3, 0.4) is 0 Å². The fraction of sp³-hybridized carbons (Fsp3) is 0.571. The van der Waals surface area contributed by atoms with Crippen LogP contribution in [0.5, 0.6) is 0 Å². The summed E-state index contributed by atoms with van der Waals surface area (Å²) in [6, 6.07) is 9.42. The molecule has 1 fully saturated rings. The molecule has 3 heteroatoms. The minimum Gasteiger partial charge on any atom is -0.314 e. The third-order valence-electron chi connectivity index (χ3n) is 3.09. The van der Waals surface area contributed by atoms with Gasteiger partial charge in [-0.2, -0.15) is 0 Å². The van der Waals surface area contributed by atoms with E-state index in [0.717, 1.165) is 30.1 Å². The zero-order valence-electron chi connectivity index (χ0n) is 10.5. The molecule has 17 heavy (non-hydrogen) atoms. The SMILES string of the molecule is CN(CCCNC1CC1)Cc1ccc(Br)cc1. The van der Waals surface area contributed by atoms with E-state index in [1.54, 1.807) is 0 Å². The highest BCUT2D eigenvalue weighted by Gasteiger charge is 2.19. The van der Waals surface area contributed by atoms with Gasteiger partial charge in [0.05, 0.1) is 0 Å². The average Bonchev–Trinajstić information content (AvgIpc) is 3.12. The molecule has 1 aromatic rings. The molecule has 1 N–H and O–H groups in total. The lowest BCUT2D eigenvalue weighted by Crippen LogP contribution is -2.24. The third-order valence-corrected chi connectivity index (χ3v) is 3.62. The van der Waals surface area contributed by atoms with E-state index in [4.69, 9.17) is 0 Å². The van der Waals surface area contributed by atoms with Gasteiger partial charge in [0.25, 0.3) is 0 Å². The highest BCUT2D eigenvalue weighted by Crippen LogP contribution is 2.18. The lowest BCUT2D eigenvalue weighted by molar-refractivity contribution is 0.319. The van der Waals surface area contributed by atoms with Crippen LogP contribution in [-0.2, 0) is 6.54 Å². The standard InChI is InChI=1S/C14H21BrN2/c1-17(10-2-9-16-14-7-8-14)11-12-3-5-13(15)6-4-12/h3-6,14,16H,2,7-11H2,1H3. The van der Waals surface area contributed by atoms with E-state index in [1.807, 2.05) is 0 Å². The van der Waals surface area contributed by atoms with Crippen molar-refractivity contribution < 1.29 is 0 Å². The first-order valence-electron chi connectivity index (χ1n) is 6.40. The van der Waals surface area contributed by atoms with E-state index in [0.29, 0.717) is 0 Å². The first-order chi connectivity index (χ1) is 8.24. The monoisotopic (exact) mass is 296 g/mol. The number of nitrogens with zero attached hydrogens (tertiary/aromatic N) is 1. The van der Waals surface area contributed by atoms with Gasteiger partial charge in [0, 0.05) is 17.1 Å². The summed E-state index contributed by atoms with van der Waals surface area (Å²) in [4.78, 5) is 2.39. The Labute approximate surface area is 113 Å². The number of halogens is 1. The molecule has 0 radical (unpaired) electrons. The van der Waals surface area contributed by atoms with Crippen LogP contribution in [0.25, 0.3) is 0 Å². The molecule has 0 aromatic heterocycles. The first-order valence-corrected chi connectivity index (χ1v) is 7.20. The summed E-state index contributed by atoms with van der Waals surface area (Å²) < 4.78 is 1.15. The molecule has 94 valence electrons. The fourth-order valence-electron chi connectivity index (χ4n) is 1.92. The van der Waals surface area contributed by atoms with Crippen LogP contribution in [0.15, 0.2) is 28.7 Å². The van der Waals surface area contributed by atoms with Crippen molar-refractivity contribution >= 4 is 15.9 Å². The van der Waals surface area contributed by atoms with Crippen LogP contribution in [0.4, 0.5) is 0 Å². The van der Waals surface area contributed by atoms with Crippen LogP contribution in [-0.4, -0.2) is 31.1 Å². The average molecular weight is 297 g/mol. The Hall–Kier alpha value is -0.380. The van der Waals surface area contributed by atoms with E-state index in [1.165, 1.54) is 24.8 Å². The molecule has 1 aromatic carbocycles. The van der Waals surface area contributed by atoms with Gasteiger partial charge in [-0.25, -0.2) is 0 Å². The molecule has 0 unspecified atom stereocenters. The van der Waals surface area contributed by atoms with Gasteiger partial charge >= 0.3 is 0 Å². The molecular weight excluding hydrogens is 276 g/mol. The van der Waals surface area contributed by atoms with Gasteiger partial charge in [-0.05, 0) is 57.1 Å². The van der Waals surface area contributed by atoms with E-state index in [2.05, 4.69) is 57.5 Å². The van der Waals surface area contributed by atoms with E-state index in [9.17, 15) is 0 Å². The van der Waals surface area contributed by atoms with Gasteiger partial charge in [-0.3, -0.25) is 0 Å². The van der Waals surface area contributed by atoms with Crippen LogP contribution in [0.1, 0.15) is 24.8 Å². The summed E-state index contributed by atoms with van der Waals surface area (Å²) in [6.45, 7) is 3.36. The van der Waals surface area contributed by atoms with Gasteiger partial charge in [0.2, 0.25) is 0 Å². The van der Waals surface area contributed by atoms with Gasteiger partial charge in [0.15, 0.2) is 0 Å². The van der Waals surface area contributed by atoms with Crippen LogP contribution in [0, 0.1) is 0 Å². The van der Waals surface area contributed by atoms with Crippen LogP contribution < -0.4 is 5.32 Å². The normalized spacial score (nSPS) is 15.5. The van der Waals surface area contributed by atoms with Gasteiger partial charge in [-0.1, -0.05) is 28.1 Å². The smallest absolute Gasteiger partial charge is 0.0230 e. The molecule has 0 heterocycles. The van der Waals surface area contributed by atoms with Crippen molar-refractivity contribution in [3.05, 3.63) is 34.3 Å². The number of benzene rings is 1. The fourth-order valence-corrected chi connectivity index (χ4v) is 2.19. The summed E-state index contributed by atoms with van der Waals surface area (Å²) in [5.74, 6) is 0. The van der Waals surface area contributed by atoms with Crippen molar-refractivity contribution in [1.29, 1.82) is 0 Å². The predicted octanol–water partition coefficient (Wildman–Crippen LogP) is 3.02. The number of nitrogens with one attached hydrogen (secondary N) is 1. The second-order valence-corrected chi connectivity index (χ2v) is 5.86. The molecule has 1 aliphatic carbocycles. The Morgan fingerprint density at radius 2 is 2.00 bits per heavy atom. The molecule has 0 saturated heterocycles. The van der Waals surface area contributed by atoms with Gasteiger partial charge in [0.1, 0.15) is 0 Å². The second kappa shape index (κ2) is 6.53. The molecular formula is C14H21BrN2. The molecule has 0 bridgehead atoms. The topological polar surface area (TPSA) is 15.3 Å². The zero-order valence-corrected chi connectivity index (χ0v) is 12.0. The first kappa shape index (κ1) is 13.1. The maximum Gasteiger partial charge on any atom is 0.0230 e. The van der Waals surface area contributed by atoms with Crippen LogP contribution >= 0.6 is 15.9 Å².